The molecule has 1 aliphatic carbocycles. The van der Waals surface area contributed by atoms with Gasteiger partial charge in [0.2, 0.25) is 0 Å². The van der Waals surface area contributed by atoms with E-state index in [9.17, 15) is 4.79 Å². The fourth-order valence-electron chi connectivity index (χ4n) is 4.13. The summed E-state index contributed by atoms with van der Waals surface area (Å²) in [4.78, 5) is 24.3. The Hall–Kier alpha value is -3.06. The third-order valence-electron chi connectivity index (χ3n) is 5.84. The molecule has 0 radical (unpaired) electrons. The molecule has 0 bridgehead atoms. The van der Waals surface area contributed by atoms with Crippen molar-refractivity contribution < 1.29 is 9.53 Å². The first kappa shape index (κ1) is 19.9. The molecule has 1 fully saturated rings. The summed E-state index contributed by atoms with van der Waals surface area (Å²) in [6.45, 7) is 1.89. The monoisotopic (exact) mass is 432 g/mol. The quantitative estimate of drug-likeness (QED) is 0.614. The third-order valence-corrected chi connectivity index (χ3v) is 6.18. The van der Waals surface area contributed by atoms with E-state index in [0.29, 0.717) is 22.2 Å². The number of thiocarbonyl (C=S) groups is 1. The first-order chi connectivity index (χ1) is 15.2. The molecule has 6 nitrogen and oxygen atoms in total. The van der Waals surface area contributed by atoms with Crippen LogP contribution >= 0.6 is 12.2 Å². The van der Waals surface area contributed by atoms with Crippen LogP contribution in [0.15, 0.2) is 42.5 Å². The van der Waals surface area contributed by atoms with Crippen LogP contribution in [0.25, 0.3) is 11.0 Å². The van der Waals surface area contributed by atoms with Crippen LogP contribution in [0.5, 0.6) is 5.75 Å². The van der Waals surface area contributed by atoms with Gasteiger partial charge >= 0.3 is 0 Å². The van der Waals surface area contributed by atoms with Gasteiger partial charge in [0.05, 0.1) is 22.4 Å². The number of amides is 1. The molecule has 0 spiro atoms. The molecule has 0 saturated carbocycles. The van der Waals surface area contributed by atoms with Crippen molar-refractivity contribution in [2.45, 2.75) is 38.5 Å². The summed E-state index contributed by atoms with van der Waals surface area (Å²) in [5.74, 6) is 0.457. The largest absolute Gasteiger partial charge is 0.432 e. The van der Waals surface area contributed by atoms with Crippen molar-refractivity contribution in [2.24, 2.45) is 0 Å². The Bertz CT molecular complexity index is 1140. The van der Waals surface area contributed by atoms with Gasteiger partial charge in [-0.15, -0.1) is 0 Å². The maximum atomic E-state index is 12.7. The molecule has 3 aromatic rings. The Morgan fingerprint density at radius 1 is 0.903 bits per heavy atom. The highest BCUT2D eigenvalue weighted by Crippen LogP contribution is 2.23. The number of benzene rings is 2. The van der Waals surface area contributed by atoms with E-state index in [1.807, 2.05) is 18.2 Å². The molecule has 1 N–H and O–H groups in total. The van der Waals surface area contributed by atoms with Crippen LogP contribution in [-0.2, 0) is 12.8 Å². The van der Waals surface area contributed by atoms with Crippen molar-refractivity contribution in [3.05, 3.63) is 59.4 Å². The van der Waals surface area contributed by atoms with E-state index in [2.05, 4.69) is 10.2 Å². The number of aryl methyl sites for hydroxylation is 2. The lowest BCUT2D eigenvalue weighted by molar-refractivity contribution is 0.102. The molecule has 0 unspecified atom stereocenters. The average molecular weight is 433 g/mol. The molecule has 2 aliphatic rings. The molecular weight excluding hydrogens is 408 g/mol. The van der Waals surface area contributed by atoms with Gasteiger partial charge in [-0.2, -0.15) is 0 Å². The molecule has 1 aromatic heterocycles. The van der Waals surface area contributed by atoms with Gasteiger partial charge in [0.15, 0.2) is 0 Å². The Kier molecular flexibility index (Phi) is 5.51. The fraction of sp³-hybridized carbons (Fsp3) is 0.333. The van der Waals surface area contributed by atoms with Crippen molar-refractivity contribution in [2.75, 3.05) is 18.4 Å². The van der Waals surface area contributed by atoms with E-state index in [0.717, 1.165) is 67.6 Å². The van der Waals surface area contributed by atoms with Crippen molar-refractivity contribution in [1.29, 1.82) is 0 Å². The lowest BCUT2D eigenvalue weighted by Crippen LogP contribution is -2.30. The maximum Gasteiger partial charge on any atom is 0.264 e. The Morgan fingerprint density at radius 3 is 2.29 bits per heavy atom. The summed E-state index contributed by atoms with van der Waals surface area (Å²) in [7, 11) is 0. The van der Waals surface area contributed by atoms with E-state index in [-0.39, 0.29) is 5.91 Å². The molecule has 7 heteroatoms. The van der Waals surface area contributed by atoms with Crippen molar-refractivity contribution in [3.63, 3.8) is 0 Å². The van der Waals surface area contributed by atoms with Gasteiger partial charge in [-0.25, -0.2) is 9.97 Å². The van der Waals surface area contributed by atoms with Gasteiger partial charge in [-0.1, -0.05) is 0 Å². The number of likely N-dealkylation sites (tertiary alicyclic amines) is 1. The molecule has 2 aromatic carbocycles. The number of hydrogen-bond acceptors (Lipinski definition) is 5. The van der Waals surface area contributed by atoms with Gasteiger partial charge < -0.3 is 15.0 Å². The number of aromatic nitrogens is 2. The predicted molar refractivity (Wildman–Crippen MR) is 125 cm³/mol. The zero-order chi connectivity index (χ0) is 21.2. The minimum atomic E-state index is -0.182. The number of anilines is 1. The summed E-state index contributed by atoms with van der Waals surface area (Å²) in [5.41, 5.74) is 5.15. The molecule has 158 valence electrons. The first-order valence-corrected chi connectivity index (χ1v) is 11.2. The topological polar surface area (TPSA) is 67.3 Å². The lowest BCUT2D eigenvalue weighted by atomic mass is 10.0. The van der Waals surface area contributed by atoms with Crippen LogP contribution < -0.4 is 10.1 Å². The van der Waals surface area contributed by atoms with E-state index in [4.69, 9.17) is 26.9 Å². The first-order valence-electron chi connectivity index (χ1n) is 10.8. The van der Waals surface area contributed by atoms with Crippen molar-refractivity contribution in [1.82, 2.24) is 14.9 Å². The standard InChI is InChI=1S/C24H24N4O2S/c29-23(16-7-10-18(11-8-16)30-24(31)28-13-3-4-14-28)25-17-9-12-21-22(15-17)27-20-6-2-1-5-19(20)26-21/h7-12,15H,1-6,13-14H2,(H,25,29). The summed E-state index contributed by atoms with van der Waals surface area (Å²) in [6.07, 6.45) is 6.60. The second-order valence-corrected chi connectivity index (χ2v) is 8.42. The second kappa shape index (κ2) is 8.59. The maximum absolute atomic E-state index is 12.7. The number of carbonyl (C=O) groups excluding carboxylic acids is 1. The molecule has 0 atom stereocenters. The Balaban J connectivity index is 1.27. The number of hydrogen-bond donors (Lipinski definition) is 1. The number of rotatable bonds is 3. The number of fused-ring (bicyclic) bond motifs is 2. The van der Waals surface area contributed by atoms with Crippen molar-refractivity contribution >= 4 is 40.0 Å². The van der Waals surface area contributed by atoms with Gasteiger partial charge in [0.1, 0.15) is 5.75 Å². The van der Waals surface area contributed by atoms with Crippen LogP contribution in [0, 0.1) is 0 Å². The SMILES string of the molecule is O=C(Nc1ccc2nc3c(nc2c1)CCCC3)c1ccc(OC(=S)N2CCCC2)cc1. The minimum absolute atomic E-state index is 0.182. The molecule has 31 heavy (non-hydrogen) atoms. The number of ether oxygens (including phenoxy) is 1. The Labute approximate surface area is 186 Å². The van der Waals surface area contributed by atoms with E-state index < -0.39 is 0 Å². The molecule has 2 heterocycles. The summed E-state index contributed by atoms with van der Waals surface area (Å²) >= 11 is 5.36. The highest BCUT2D eigenvalue weighted by atomic mass is 32.1. The highest BCUT2D eigenvalue weighted by Gasteiger charge is 2.17. The minimum Gasteiger partial charge on any atom is -0.432 e. The fourth-order valence-corrected chi connectivity index (χ4v) is 4.41. The van der Waals surface area contributed by atoms with E-state index >= 15 is 0 Å². The van der Waals surface area contributed by atoms with Crippen LogP contribution in [0.2, 0.25) is 0 Å². The van der Waals surface area contributed by atoms with Gasteiger partial charge in [-0.05, 0) is 93.2 Å². The number of nitrogens with zero attached hydrogens (tertiary/aromatic N) is 3. The summed E-state index contributed by atoms with van der Waals surface area (Å²) in [6, 6.07) is 12.7. The van der Waals surface area contributed by atoms with Crippen LogP contribution in [0.4, 0.5) is 5.69 Å². The lowest BCUT2D eigenvalue weighted by Gasteiger charge is -2.18. The number of nitrogens with one attached hydrogen (secondary N) is 1. The molecule has 5 rings (SSSR count). The summed E-state index contributed by atoms with van der Waals surface area (Å²) < 4.78 is 5.76. The molecule has 1 aliphatic heterocycles. The van der Waals surface area contributed by atoms with E-state index in [1.165, 1.54) is 6.42 Å². The Morgan fingerprint density at radius 2 is 1.58 bits per heavy atom. The average Bonchev–Trinajstić information content (AvgIpc) is 3.33. The smallest absolute Gasteiger partial charge is 0.264 e. The molecular formula is C24H24N4O2S. The zero-order valence-corrected chi connectivity index (χ0v) is 18.1. The van der Waals surface area contributed by atoms with Gasteiger partial charge in [0, 0.05) is 24.3 Å². The molecule has 1 saturated heterocycles. The van der Waals surface area contributed by atoms with Crippen LogP contribution in [0.3, 0.4) is 0 Å². The highest BCUT2D eigenvalue weighted by molar-refractivity contribution is 7.80. The second-order valence-electron chi connectivity index (χ2n) is 8.07. The third kappa shape index (κ3) is 4.37. The molecule has 1 amide bonds. The van der Waals surface area contributed by atoms with E-state index in [1.54, 1.807) is 24.3 Å². The predicted octanol–water partition coefficient (Wildman–Crippen LogP) is 4.52. The van der Waals surface area contributed by atoms with Crippen LogP contribution in [0.1, 0.15) is 47.4 Å². The normalized spacial score (nSPS) is 15.5. The van der Waals surface area contributed by atoms with Crippen molar-refractivity contribution in [3.8, 4) is 5.75 Å². The van der Waals surface area contributed by atoms with Gasteiger partial charge in [-0.3, -0.25) is 4.79 Å². The summed E-state index contributed by atoms with van der Waals surface area (Å²) in [5, 5.41) is 3.45. The van der Waals surface area contributed by atoms with Crippen LogP contribution in [-0.4, -0.2) is 39.0 Å². The van der Waals surface area contributed by atoms with Gasteiger partial charge in [0.25, 0.3) is 11.1 Å². The zero-order valence-electron chi connectivity index (χ0n) is 17.3. The number of carbonyl (C=O) groups is 1.